The van der Waals surface area contributed by atoms with E-state index in [1.165, 1.54) is 6.92 Å². The fourth-order valence-corrected chi connectivity index (χ4v) is 1.81. The molecule has 110 valence electrons. The van der Waals surface area contributed by atoms with Crippen LogP contribution in [0.25, 0.3) is 0 Å². The Morgan fingerprint density at radius 1 is 1.35 bits per heavy atom. The van der Waals surface area contributed by atoms with Crippen LogP contribution >= 0.6 is 23.2 Å². The van der Waals surface area contributed by atoms with Crippen molar-refractivity contribution in [1.29, 1.82) is 0 Å². The maximum Gasteiger partial charge on any atom is 0.340 e. The molecular weight excluding hydrogens is 308 g/mol. The Balaban J connectivity index is 2.76. The lowest BCUT2D eigenvalue weighted by Crippen LogP contribution is -2.36. The smallest absolute Gasteiger partial charge is 0.340 e. The number of hydrogen-bond acceptors (Lipinski definition) is 3. The van der Waals surface area contributed by atoms with Crippen LogP contribution in [-0.4, -0.2) is 24.5 Å². The first-order chi connectivity index (χ1) is 9.36. The molecule has 0 heterocycles. The number of hydrogen-bond donors (Lipinski definition) is 1. The van der Waals surface area contributed by atoms with Gasteiger partial charge in [0, 0.05) is 6.54 Å². The van der Waals surface area contributed by atoms with Gasteiger partial charge >= 0.3 is 5.97 Å². The van der Waals surface area contributed by atoms with Crippen molar-refractivity contribution in [1.82, 2.24) is 5.32 Å². The summed E-state index contributed by atoms with van der Waals surface area (Å²) in [5.74, 6) is -2.10. The summed E-state index contributed by atoms with van der Waals surface area (Å²) in [6, 6.07) is 1.99. The summed E-state index contributed by atoms with van der Waals surface area (Å²) in [7, 11) is 0. The number of rotatable bonds is 5. The van der Waals surface area contributed by atoms with Crippen molar-refractivity contribution in [3.05, 3.63) is 33.6 Å². The van der Waals surface area contributed by atoms with Gasteiger partial charge in [-0.15, -0.1) is 0 Å². The van der Waals surface area contributed by atoms with Crippen molar-refractivity contribution >= 4 is 35.1 Å². The third-order valence-corrected chi connectivity index (χ3v) is 3.03. The van der Waals surface area contributed by atoms with Gasteiger partial charge < -0.3 is 10.1 Å². The molecule has 0 saturated carbocycles. The monoisotopic (exact) mass is 321 g/mol. The highest BCUT2D eigenvalue weighted by atomic mass is 35.5. The molecule has 1 atom stereocenters. The number of ether oxygens (including phenoxy) is 1. The number of halogens is 3. The van der Waals surface area contributed by atoms with E-state index < -0.39 is 23.8 Å². The third-order valence-electron chi connectivity index (χ3n) is 2.43. The van der Waals surface area contributed by atoms with Crippen LogP contribution in [0.3, 0.4) is 0 Å². The van der Waals surface area contributed by atoms with Gasteiger partial charge in [-0.3, -0.25) is 4.79 Å². The van der Waals surface area contributed by atoms with Gasteiger partial charge in [0.1, 0.15) is 5.82 Å². The predicted molar refractivity (Wildman–Crippen MR) is 74.6 cm³/mol. The highest BCUT2D eigenvalue weighted by Gasteiger charge is 2.21. The van der Waals surface area contributed by atoms with Crippen molar-refractivity contribution in [3.63, 3.8) is 0 Å². The largest absolute Gasteiger partial charge is 0.449 e. The first-order valence-electron chi connectivity index (χ1n) is 6.00. The molecule has 1 amide bonds. The standard InChI is InChI=1S/C13H14Cl2FNO3/c1-3-4-17-12(18)7(2)20-13(19)8-5-11(16)10(15)6-9(8)14/h5-7H,3-4H2,1-2H3,(H,17,18)/t7-/m1/s1. The van der Waals surface area contributed by atoms with E-state index in [4.69, 9.17) is 27.9 Å². The number of amides is 1. The Morgan fingerprint density at radius 2 is 2.00 bits per heavy atom. The summed E-state index contributed by atoms with van der Waals surface area (Å²) in [5, 5.41) is 2.35. The Kier molecular flexibility index (Phi) is 6.23. The molecule has 7 heteroatoms. The number of benzene rings is 1. The normalized spacial score (nSPS) is 11.8. The van der Waals surface area contributed by atoms with Crippen LogP contribution in [-0.2, 0) is 9.53 Å². The van der Waals surface area contributed by atoms with E-state index >= 15 is 0 Å². The maximum absolute atomic E-state index is 13.3. The zero-order chi connectivity index (χ0) is 15.3. The highest BCUT2D eigenvalue weighted by molar-refractivity contribution is 6.36. The second kappa shape index (κ2) is 7.45. The molecule has 0 radical (unpaired) electrons. The molecule has 0 saturated heterocycles. The minimum Gasteiger partial charge on any atom is -0.449 e. The van der Waals surface area contributed by atoms with E-state index in [0.717, 1.165) is 18.6 Å². The molecule has 4 nitrogen and oxygen atoms in total. The van der Waals surface area contributed by atoms with Gasteiger partial charge in [-0.25, -0.2) is 9.18 Å². The Labute approximate surface area is 126 Å². The van der Waals surface area contributed by atoms with Crippen molar-refractivity contribution in [2.45, 2.75) is 26.4 Å². The highest BCUT2D eigenvalue weighted by Crippen LogP contribution is 2.25. The molecule has 0 aliphatic heterocycles. The van der Waals surface area contributed by atoms with Gasteiger partial charge in [-0.1, -0.05) is 30.1 Å². The zero-order valence-corrected chi connectivity index (χ0v) is 12.5. The molecule has 1 rings (SSSR count). The molecule has 0 bridgehead atoms. The lowest BCUT2D eigenvalue weighted by atomic mass is 10.2. The van der Waals surface area contributed by atoms with Crippen LogP contribution in [0.4, 0.5) is 4.39 Å². The Bertz CT molecular complexity index is 523. The Morgan fingerprint density at radius 3 is 2.60 bits per heavy atom. The molecule has 0 aliphatic rings. The number of nitrogens with one attached hydrogen (secondary N) is 1. The average Bonchev–Trinajstić information content (AvgIpc) is 2.39. The predicted octanol–water partition coefficient (Wildman–Crippen LogP) is 3.20. The lowest BCUT2D eigenvalue weighted by Gasteiger charge is -2.13. The minimum absolute atomic E-state index is 0.0393. The summed E-state index contributed by atoms with van der Waals surface area (Å²) in [6.45, 7) is 3.80. The molecule has 0 unspecified atom stereocenters. The molecule has 20 heavy (non-hydrogen) atoms. The van der Waals surface area contributed by atoms with Crippen molar-refractivity contribution in [2.24, 2.45) is 0 Å². The molecule has 1 N–H and O–H groups in total. The van der Waals surface area contributed by atoms with E-state index in [9.17, 15) is 14.0 Å². The topological polar surface area (TPSA) is 55.4 Å². The van der Waals surface area contributed by atoms with E-state index in [1.807, 2.05) is 6.92 Å². The van der Waals surface area contributed by atoms with Gasteiger partial charge in [0.25, 0.3) is 5.91 Å². The van der Waals surface area contributed by atoms with E-state index in [1.54, 1.807) is 0 Å². The zero-order valence-electron chi connectivity index (χ0n) is 11.0. The molecule has 0 fully saturated rings. The van der Waals surface area contributed by atoms with Crippen LogP contribution in [0.1, 0.15) is 30.6 Å². The minimum atomic E-state index is -0.996. The second-order valence-electron chi connectivity index (χ2n) is 4.08. The van der Waals surface area contributed by atoms with Crippen molar-refractivity contribution in [3.8, 4) is 0 Å². The second-order valence-corrected chi connectivity index (χ2v) is 4.90. The third kappa shape index (κ3) is 4.35. The van der Waals surface area contributed by atoms with Crippen molar-refractivity contribution < 1.29 is 18.7 Å². The molecular formula is C13H14Cl2FNO3. The van der Waals surface area contributed by atoms with E-state index in [2.05, 4.69) is 5.32 Å². The van der Waals surface area contributed by atoms with Crippen LogP contribution in [0.5, 0.6) is 0 Å². The van der Waals surface area contributed by atoms with Crippen molar-refractivity contribution in [2.75, 3.05) is 6.54 Å². The number of carbonyl (C=O) groups excluding carboxylic acids is 2. The van der Waals surface area contributed by atoms with Crippen LogP contribution in [0, 0.1) is 5.82 Å². The summed E-state index contributed by atoms with van der Waals surface area (Å²) in [6.07, 6.45) is -0.232. The van der Waals surface area contributed by atoms with Gasteiger partial charge in [-0.2, -0.15) is 0 Å². The number of carbonyl (C=O) groups is 2. The van der Waals surface area contributed by atoms with E-state index in [0.29, 0.717) is 6.54 Å². The summed E-state index contributed by atoms with van der Waals surface area (Å²) in [5.41, 5.74) is -0.177. The summed E-state index contributed by atoms with van der Waals surface area (Å²) >= 11 is 11.3. The maximum atomic E-state index is 13.3. The molecule has 1 aromatic carbocycles. The number of esters is 1. The fraction of sp³-hybridized carbons (Fsp3) is 0.385. The summed E-state index contributed by atoms with van der Waals surface area (Å²) < 4.78 is 18.2. The van der Waals surface area contributed by atoms with Crippen LogP contribution in [0.2, 0.25) is 10.0 Å². The Hall–Kier alpha value is -1.33. The first kappa shape index (κ1) is 16.7. The lowest BCUT2D eigenvalue weighted by molar-refractivity contribution is -0.129. The van der Waals surface area contributed by atoms with Crippen LogP contribution in [0.15, 0.2) is 12.1 Å². The van der Waals surface area contributed by atoms with Gasteiger partial charge in [0.15, 0.2) is 6.10 Å². The molecule has 0 spiro atoms. The summed E-state index contributed by atoms with van der Waals surface area (Å²) in [4.78, 5) is 23.4. The fourth-order valence-electron chi connectivity index (χ4n) is 1.35. The average molecular weight is 322 g/mol. The van der Waals surface area contributed by atoms with Gasteiger partial charge in [0.05, 0.1) is 15.6 Å². The molecule has 0 aliphatic carbocycles. The molecule has 0 aromatic heterocycles. The van der Waals surface area contributed by atoms with Gasteiger partial charge in [-0.05, 0) is 25.5 Å². The SMILES string of the molecule is CCCNC(=O)[C@@H](C)OC(=O)c1cc(F)c(Cl)cc1Cl. The van der Waals surface area contributed by atoms with Gasteiger partial charge in [0.2, 0.25) is 0 Å². The van der Waals surface area contributed by atoms with Crippen LogP contribution < -0.4 is 5.32 Å². The quantitative estimate of drug-likeness (QED) is 0.669. The molecule has 1 aromatic rings. The van der Waals surface area contributed by atoms with E-state index in [-0.39, 0.29) is 15.6 Å². The first-order valence-corrected chi connectivity index (χ1v) is 6.75.